The van der Waals surface area contributed by atoms with Crippen LogP contribution in [0.1, 0.15) is 5.56 Å². The number of para-hydroxylation sites is 2. The fourth-order valence-electron chi connectivity index (χ4n) is 2.61. The van der Waals surface area contributed by atoms with E-state index in [0.29, 0.717) is 16.5 Å². The predicted molar refractivity (Wildman–Crippen MR) is 80.0 cm³/mol. The third kappa shape index (κ3) is 1.46. The minimum atomic E-state index is -0.338. The first kappa shape index (κ1) is 11.2. The maximum atomic E-state index is 12.1. The van der Waals surface area contributed by atoms with E-state index in [2.05, 4.69) is 0 Å². The van der Waals surface area contributed by atoms with Gasteiger partial charge in [0.25, 0.3) is 0 Å². The normalized spacial score (nSPS) is 11.4. The van der Waals surface area contributed by atoms with Crippen LogP contribution in [-0.4, -0.2) is 4.98 Å². The average Bonchev–Trinajstić information content (AvgIpc) is 2.47. The van der Waals surface area contributed by atoms with Gasteiger partial charge in [-0.15, -0.1) is 0 Å². The Hall–Kier alpha value is -2.68. The first-order valence-electron chi connectivity index (χ1n) is 6.46. The van der Waals surface area contributed by atoms with Crippen LogP contribution < -0.4 is 5.63 Å². The summed E-state index contributed by atoms with van der Waals surface area (Å²) in [6.45, 7) is 2.02. The summed E-state index contributed by atoms with van der Waals surface area (Å²) in [5.74, 6) is 0. The van der Waals surface area contributed by atoms with Crippen molar-refractivity contribution in [2.24, 2.45) is 0 Å². The minimum absolute atomic E-state index is 0.338. The molecule has 0 saturated heterocycles. The van der Waals surface area contributed by atoms with E-state index in [1.54, 1.807) is 6.07 Å². The largest absolute Gasteiger partial charge is 0.422 e. The van der Waals surface area contributed by atoms with Crippen LogP contribution in [0.15, 0.2) is 57.7 Å². The lowest BCUT2D eigenvalue weighted by atomic mass is 10.1. The van der Waals surface area contributed by atoms with Gasteiger partial charge in [0.1, 0.15) is 5.58 Å². The molecule has 0 spiro atoms. The highest BCUT2D eigenvalue weighted by Gasteiger charge is 2.10. The molecule has 20 heavy (non-hydrogen) atoms. The van der Waals surface area contributed by atoms with Gasteiger partial charge in [-0.3, -0.25) is 0 Å². The third-order valence-corrected chi connectivity index (χ3v) is 3.61. The minimum Gasteiger partial charge on any atom is -0.422 e. The van der Waals surface area contributed by atoms with Gasteiger partial charge in [0.05, 0.1) is 16.4 Å². The van der Waals surface area contributed by atoms with Gasteiger partial charge in [0.2, 0.25) is 0 Å². The SMILES string of the molecule is Cc1cccc2cc3c(=O)oc4ccccc4c3nc12. The van der Waals surface area contributed by atoms with Crippen molar-refractivity contribution < 1.29 is 4.42 Å². The first-order valence-corrected chi connectivity index (χ1v) is 6.46. The summed E-state index contributed by atoms with van der Waals surface area (Å²) in [5, 5.41) is 2.36. The second kappa shape index (κ2) is 3.90. The summed E-state index contributed by atoms with van der Waals surface area (Å²) in [4.78, 5) is 16.8. The van der Waals surface area contributed by atoms with Crippen LogP contribution in [0, 0.1) is 6.92 Å². The predicted octanol–water partition coefficient (Wildman–Crippen LogP) is 3.80. The molecule has 2 aromatic carbocycles. The third-order valence-electron chi connectivity index (χ3n) is 3.61. The van der Waals surface area contributed by atoms with Gasteiger partial charge in [0.15, 0.2) is 0 Å². The Morgan fingerprint density at radius 2 is 1.80 bits per heavy atom. The standard InChI is InChI=1S/C17H11NO2/c1-10-5-4-6-11-9-13-16(18-15(10)11)12-7-2-3-8-14(12)20-17(13)19/h2-9H,1H3. The number of rotatable bonds is 0. The van der Waals surface area contributed by atoms with Crippen molar-refractivity contribution >= 4 is 32.8 Å². The zero-order chi connectivity index (χ0) is 13.7. The molecule has 0 bridgehead atoms. The molecule has 0 aliphatic rings. The van der Waals surface area contributed by atoms with E-state index in [9.17, 15) is 4.79 Å². The smallest absolute Gasteiger partial charge is 0.345 e. The van der Waals surface area contributed by atoms with Crippen molar-refractivity contribution in [3.05, 3.63) is 64.5 Å². The quantitative estimate of drug-likeness (QED) is 0.275. The van der Waals surface area contributed by atoms with Gasteiger partial charge < -0.3 is 4.42 Å². The molecule has 4 rings (SSSR count). The lowest BCUT2D eigenvalue weighted by molar-refractivity contribution is 0.569. The molecule has 2 heterocycles. The number of aryl methyl sites for hydroxylation is 1. The second-order valence-corrected chi connectivity index (χ2v) is 4.92. The summed E-state index contributed by atoms with van der Waals surface area (Å²) in [6, 6.07) is 15.3. The molecule has 4 aromatic rings. The lowest BCUT2D eigenvalue weighted by Gasteiger charge is -2.05. The zero-order valence-corrected chi connectivity index (χ0v) is 10.9. The van der Waals surface area contributed by atoms with E-state index in [0.717, 1.165) is 21.9 Å². The van der Waals surface area contributed by atoms with Crippen LogP contribution in [0.2, 0.25) is 0 Å². The van der Waals surface area contributed by atoms with Gasteiger partial charge in [-0.25, -0.2) is 9.78 Å². The number of aromatic nitrogens is 1. The van der Waals surface area contributed by atoms with Crippen molar-refractivity contribution in [3.63, 3.8) is 0 Å². The van der Waals surface area contributed by atoms with E-state index >= 15 is 0 Å². The molecule has 2 aromatic heterocycles. The van der Waals surface area contributed by atoms with Crippen molar-refractivity contribution in [2.45, 2.75) is 6.92 Å². The molecular weight excluding hydrogens is 250 g/mol. The summed E-state index contributed by atoms with van der Waals surface area (Å²) < 4.78 is 5.36. The molecule has 0 aliphatic heterocycles. The number of hydrogen-bond acceptors (Lipinski definition) is 3. The average molecular weight is 261 g/mol. The molecular formula is C17H11NO2. The first-order chi connectivity index (χ1) is 9.74. The Balaban J connectivity index is 2.34. The number of hydrogen-bond donors (Lipinski definition) is 0. The molecule has 0 atom stereocenters. The lowest BCUT2D eigenvalue weighted by Crippen LogP contribution is -2.01. The van der Waals surface area contributed by atoms with Crippen LogP contribution in [0.5, 0.6) is 0 Å². The van der Waals surface area contributed by atoms with Crippen LogP contribution in [0.25, 0.3) is 32.8 Å². The monoisotopic (exact) mass is 261 g/mol. The molecule has 0 radical (unpaired) electrons. The Morgan fingerprint density at radius 1 is 0.950 bits per heavy atom. The molecule has 96 valence electrons. The van der Waals surface area contributed by atoms with E-state index in [1.165, 1.54) is 0 Å². The number of pyridine rings is 1. The summed E-state index contributed by atoms with van der Waals surface area (Å²) in [6.07, 6.45) is 0. The van der Waals surface area contributed by atoms with Crippen LogP contribution in [0.3, 0.4) is 0 Å². The zero-order valence-electron chi connectivity index (χ0n) is 10.9. The molecule has 0 fully saturated rings. The summed E-state index contributed by atoms with van der Waals surface area (Å²) >= 11 is 0. The van der Waals surface area contributed by atoms with Gasteiger partial charge >= 0.3 is 5.63 Å². The van der Waals surface area contributed by atoms with E-state index < -0.39 is 0 Å². The molecule has 3 heteroatoms. The number of fused-ring (bicyclic) bond motifs is 4. The topological polar surface area (TPSA) is 43.1 Å². The Bertz CT molecular complexity index is 1030. The highest BCUT2D eigenvalue weighted by atomic mass is 16.4. The van der Waals surface area contributed by atoms with Gasteiger partial charge in [0, 0.05) is 10.8 Å². The van der Waals surface area contributed by atoms with Crippen molar-refractivity contribution in [2.75, 3.05) is 0 Å². The fraction of sp³-hybridized carbons (Fsp3) is 0.0588. The van der Waals surface area contributed by atoms with Gasteiger partial charge in [-0.1, -0.05) is 30.3 Å². The number of nitrogens with zero attached hydrogens (tertiary/aromatic N) is 1. The Morgan fingerprint density at radius 3 is 2.70 bits per heavy atom. The van der Waals surface area contributed by atoms with Gasteiger partial charge in [-0.2, -0.15) is 0 Å². The van der Waals surface area contributed by atoms with E-state index in [1.807, 2.05) is 49.4 Å². The van der Waals surface area contributed by atoms with Crippen molar-refractivity contribution in [1.29, 1.82) is 0 Å². The highest BCUT2D eigenvalue weighted by molar-refractivity contribution is 6.05. The fourth-order valence-corrected chi connectivity index (χ4v) is 2.61. The molecule has 0 unspecified atom stereocenters. The second-order valence-electron chi connectivity index (χ2n) is 4.92. The maximum absolute atomic E-state index is 12.1. The molecule has 0 N–H and O–H groups in total. The van der Waals surface area contributed by atoms with E-state index in [-0.39, 0.29) is 5.63 Å². The van der Waals surface area contributed by atoms with Crippen LogP contribution >= 0.6 is 0 Å². The molecule has 3 nitrogen and oxygen atoms in total. The molecule has 0 saturated carbocycles. The van der Waals surface area contributed by atoms with E-state index in [4.69, 9.17) is 9.40 Å². The number of benzene rings is 2. The molecule has 0 aliphatic carbocycles. The molecule has 0 amide bonds. The van der Waals surface area contributed by atoms with Crippen molar-refractivity contribution in [1.82, 2.24) is 4.98 Å². The summed E-state index contributed by atoms with van der Waals surface area (Å²) in [5.41, 5.74) is 2.97. The summed E-state index contributed by atoms with van der Waals surface area (Å²) in [7, 11) is 0. The Kier molecular flexibility index (Phi) is 2.18. The van der Waals surface area contributed by atoms with Crippen LogP contribution in [-0.2, 0) is 0 Å². The Labute approximate surface area is 114 Å². The highest BCUT2D eigenvalue weighted by Crippen LogP contribution is 2.25. The van der Waals surface area contributed by atoms with Crippen molar-refractivity contribution in [3.8, 4) is 0 Å². The van der Waals surface area contributed by atoms with Gasteiger partial charge in [-0.05, 0) is 30.7 Å². The maximum Gasteiger partial charge on any atom is 0.345 e. The van der Waals surface area contributed by atoms with Crippen LogP contribution in [0.4, 0.5) is 0 Å².